The minimum Gasteiger partial charge on any atom is -0.369 e. The van der Waals surface area contributed by atoms with E-state index in [2.05, 4.69) is 45.9 Å². The van der Waals surface area contributed by atoms with Crippen LogP contribution in [-0.4, -0.2) is 93.5 Å². The van der Waals surface area contributed by atoms with E-state index in [1.165, 1.54) is 16.6 Å². The van der Waals surface area contributed by atoms with Crippen molar-refractivity contribution in [1.82, 2.24) is 34.1 Å². The topological polar surface area (TPSA) is 108 Å². The molecule has 0 atom stereocenters. The normalized spacial score (nSPS) is 16.2. The molecule has 2 amide bonds. The molecule has 1 aromatic carbocycles. The number of benzene rings is 1. The van der Waals surface area contributed by atoms with E-state index < -0.39 is 0 Å². The highest BCUT2D eigenvalue weighted by Gasteiger charge is 2.28. The Bertz CT molecular complexity index is 1620. The lowest BCUT2D eigenvalue weighted by molar-refractivity contribution is 0.229. The number of anilines is 4. The van der Waals surface area contributed by atoms with Crippen LogP contribution in [0.15, 0.2) is 66.1 Å². The molecule has 0 bridgehead atoms. The minimum absolute atomic E-state index is 0.113. The van der Waals surface area contributed by atoms with Gasteiger partial charge in [0.05, 0.1) is 6.54 Å². The number of hydrogen-bond acceptors (Lipinski definition) is 8. The molecule has 3 aromatic heterocycles. The van der Waals surface area contributed by atoms with Crippen molar-refractivity contribution in [1.29, 1.82) is 0 Å². The Labute approximate surface area is 231 Å². The molecule has 2 fully saturated rings. The number of urea groups is 1. The van der Waals surface area contributed by atoms with Crippen molar-refractivity contribution in [2.45, 2.75) is 6.54 Å². The summed E-state index contributed by atoms with van der Waals surface area (Å²) in [5.41, 5.74) is 2.18. The maximum absolute atomic E-state index is 13.3. The largest absolute Gasteiger partial charge is 0.369 e. The van der Waals surface area contributed by atoms with Gasteiger partial charge in [-0.05, 0) is 43.4 Å². The SMILES string of the molecule is C=CCn1c(=O)c2cnc(Nc3ccc(N4CCN(C)CC4)cc3)nc2n1-c1cccc(N2CCN(C)C2=O)n1. The van der Waals surface area contributed by atoms with Crippen LogP contribution in [-0.2, 0) is 6.54 Å². The van der Waals surface area contributed by atoms with E-state index >= 15 is 0 Å². The zero-order valence-corrected chi connectivity index (χ0v) is 22.7. The third kappa shape index (κ3) is 4.66. The number of hydrogen-bond donors (Lipinski definition) is 1. The van der Waals surface area contributed by atoms with E-state index in [1.807, 2.05) is 18.2 Å². The molecule has 40 heavy (non-hydrogen) atoms. The average Bonchev–Trinajstić information content (AvgIpc) is 3.45. The van der Waals surface area contributed by atoms with Crippen molar-refractivity contribution < 1.29 is 4.79 Å². The quantitative estimate of drug-likeness (QED) is 0.357. The molecule has 0 spiro atoms. The van der Waals surface area contributed by atoms with Crippen LogP contribution in [0.1, 0.15) is 0 Å². The number of nitrogens with one attached hydrogen (secondary N) is 1. The summed E-state index contributed by atoms with van der Waals surface area (Å²) in [5.74, 6) is 1.34. The van der Waals surface area contributed by atoms with Gasteiger partial charge in [-0.1, -0.05) is 12.1 Å². The maximum atomic E-state index is 13.3. The fraction of sp³-hybridized carbons (Fsp3) is 0.321. The second-order valence-corrected chi connectivity index (χ2v) is 10.1. The van der Waals surface area contributed by atoms with Crippen molar-refractivity contribution in [3.63, 3.8) is 0 Å². The summed E-state index contributed by atoms with van der Waals surface area (Å²) < 4.78 is 3.18. The summed E-state index contributed by atoms with van der Waals surface area (Å²) in [7, 11) is 3.91. The lowest BCUT2D eigenvalue weighted by atomic mass is 10.2. The van der Waals surface area contributed by atoms with Gasteiger partial charge in [-0.15, -0.1) is 6.58 Å². The number of nitrogens with zero attached hydrogens (tertiary/aromatic N) is 9. The van der Waals surface area contributed by atoms with Crippen molar-refractivity contribution in [3.05, 3.63) is 71.7 Å². The fourth-order valence-electron chi connectivity index (χ4n) is 5.10. The number of pyridine rings is 1. The van der Waals surface area contributed by atoms with E-state index in [4.69, 9.17) is 9.97 Å². The first kappa shape index (κ1) is 25.6. The van der Waals surface area contributed by atoms with Crippen LogP contribution in [0.5, 0.6) is 0 Å². The molecule has 0 aliphatic carbocycles. The molecule has 2 aliphatic heterocycles. The van der Waals surface area contributed by atoms with Gasteiger partial charge in [0, 0.05) is 63.9 Å². The van der Waals surface area contributed by atoms with Crippen molar-refractivity contribution in [3.8, 4) is 5.82 Å². The van der Waals surface area contributed by atoms with Crippen LogP contribution in [0, 0.1) is 0 Å². The summed E-state index contributed by atoms with van der Waals surface area (Å²) in [6.07, 6.45) is 3.18. The van der Waals surface area contributed by atoms with Crippen LogP contribution in [0.25, 0.3) is 16.9 Å². The van der Waals surface area contributed by atoms with Crippen LogP contribution in [0.4, 0.5) is 27.9 Å². The Hall–Kier alpha value is -4.71. The number of amides is 2. The number of likely N-dealkylation sites (N-methyl/N-ethyl adjacent to an activating group) is 2. The van der Waals surface area contributed by atoms with E-state index in [0.717, 1.165) is 31.9 Å². The fourth-order valence-corrected chi connectivity index (χ4v) is 5.10. The van der Waals surface area contributed by atoms with Gasteiger partial charge >= 0.3 is 6.03 Å². The number of fused-ring (bicyclic) bond motifs is 1. The van der Waals surface area contributed by atoms with E-state index in [-0.39, 0.29) is 18.1 Å². The molecule has 206 valence electrons. The van der Waals surface area contributed by atoms with Gasteiger partial charge in [-0.25, -0.2) is 24.1 Å². The van der Waals surface area contributed by atoms with E-state index in [0.29, 0.717) is 41.7 Å². The predicted octanol–water partition coefficient (Wildman–Crippen LogP) is 2.53. The second-order valence-electron chi connectivity index (χ2n) is 10.1. The lowest BCUT2D eigenvalue weighted by Crippen LogP contribution is -2.44. The molecular weight excluding hydrogens is 508 g/mol. The third-order valence-electron chi connectivity index (χ3n) is 7.40. The number of piperazine rings is 1. The number of rotatable bonds is 7. The smallest absolute Gasteiger partial charge is 0.325 e. The van der Waals surface area contributed by atoms with Crippen LogP contribution in [0.3, 0.4) is 0 Å². The van der Waals surface area contributed by atoms with Crippen LogP contribution in [0.2, 0.25) is 0 Å². The number of carbonyl (C=O) groups excluding carboxylic acids is 1. The van der Waals surface area contributed by atoms with Crippen molar-refractivity contribution >= 4 is 40.2 Å². The molecule has 0 unspecified atom stereocenters. The van der Waals surface area contributed by atoms with Crippen LogP contribution < -0.4 is 20.7 Å². The monoisotopic (exact) mass is 540 g/mol. The van der Waals surface area contributed by atoms with Crippen molar-refractivity contribution in [2.24, 2.45) is 0 Å². The van der Waals surface area contributed by atoms with Gasteiger partial charge in [-0.2, -0.15) is 4.98 Å². The lowest BCUT2D eigenvalue weighted by Gasteiger charge is -2.34. The van der Waals surface area contributed by atoms with Gasteiger partial charge in [0.25, 0.3) is 5.56 Å². The summed E-state index contributed by atoms with van der Waals surface area (Å²) in [4.78, 5) is 47.8. The number of allylic oxidation sites excluding steroid dienone is 1. The van der Waals surface area contributed by atoms with Gasteiger partial charge in [0.1, 0.15) is 11.2 Å². The highest BCUT2D eigenvalue weighted by Crippen LogP contribution is 2.24. The van der Waals surface area contributed by atoms with Gasteiger partial charge in [0.2, 0.25) is 5.95 Å². The Morgan fingerprint density at radius 2 is 1.68 bits per heavy atom. The molecule has 1 N–H and O–H groups in total. The van der Waals surface area contributed by atoms with E-state index in [9.17, 15) is 9.59 Å². The first-order valence-corrected chi connectivity index (χ1v) is 13.3. The Morgan fingerprint density at radius 3 is 2.38 bits per heavy atom. The highest BCUT2D eigenvalue weighted by atomic mass is 16.2. The Kier molecular flexibility index (Phi) is 6.68. The molecule has 12 nitrogen and oxygen atoms in total. The number of aromatic nitrogens is 5. The maximum Gasteiger partial charge on any atom is 0.325 e. The molecular formula is C28H32N10O2. The summed E-state index contributed by atoms with van der Waals surface area (Å²) in [6, 6.07) is 13.5. The van der Waals surface area contributed by atoms with Gasteiger partial charge in [0.15, 0.2) is 11.5 Å². The highest BCUT2D eigenvalue weighted by molar-refractivity contribution is 5.93. The molecule has 0 radical (unpaired) electrons. The summed E-state index contributed by atoms with van der Waals surface area (Å²) >= 11 is 0. The first-order chi connectivity index (χ1) is 19.4. The van der Waals surface area contributed by atoms with Crippen LogP contribution >= 0.6 is 0 Å². The molecule has 0 saturated carbocycles. The molecule has 6 rings (SSSR count). The molecule has 5 heterocycles. The molecule has 2 aliphatic rings. The Morgan fingerprint density at radius 1 is 0.925 bits per heavy atom. The zero-order chi connectivity index (χ0) is 27.8. The third-order valence-corrected chi connectivity index (χ3v) is 7.40. The Balaban J connectivity index is 1.34. The van der Waals surface area contributed by atoms with Crippen molar-refractivity contribution in [2.75, 3.05) is 68.5 Å². The molecule has 4 aromatic rings. The number of carbonyl (C=O) groups is 1. The first-order valence-electron chi connectivity index (χ1n) is 13.3. The van der Waals surface area contributed by atoms with E-state index in [1.54, 1.807) is 39.7 Å². The summed E-state index contributed by atoms with van der Waals surface area (Å²) in [5, 5.41) is 3.63. The second kappa shape index (κ2) is 10.5. The zero-order valence-electron chi connectivity index (χ0n) is 22.7. The predicted molar refractivity (Wildman–Crippen MR) is 156 cm³/mol. The minimum atomic E-state index is -0.248. The van der Waals surface area contributed by atoms with Gasteiger partial charge in [-0.3, -0.25) is 9.69 Å². The summed E-state index contributed by atoms with van der Waals surface area (Å²) in [6.45, 7) is 9.32. The molecule has 12 heteroatoms. The average molecular weight is 541 g/mol. The van der Waals surface area contributed by atoms with Gasteiger partial charge < -0.3 is 20.0 Å². The standard InChI is InChI=1S/C28H32N10O2/c1-4-12-37-26(39)22-19-29-27(30-20-8-10-21(11-9-20)35-16-13-33(2)14-17-35)32-25(22)38(37)24-7-5-6-23(31-24)36-18-15-34(3)28(36)40/h4-11,19H,1,12-18H2,2-3H3,(H,29,30,32). The molecule has 2 saturated heterocycles.